The number of benzene rings is 3. The number of hydrogen-bond acceptors (Lipinski definition) is 4. The highest BCUT2D eigenvalue weighted by Gasteiger charge is 2.33. The summed E-state index contributed by atoms with van der Waals surface area (Å²) in [6, 6.07) is 20.5. The van der Waals surface area contributed by atoms with E-state index in [0.717, 1.165) is 11.6 Å². The lowest BCUT2D eigenvalue weighted by molar-refractivity contribution is -0.274. The fraction of sp³-hybridized carbons (Fsp3) is 0.125. The highest BCUT2D eigenvalue weighted by molar-refractivity contribution is 6.20. The number of hydrogen-bond donors (Lipinski definition) is 2. The third kappa shape index (κ3) is 5.01. The molecule has 4 rings (SSSR count). The van der Waals surface area contributed by atoms with Crippen molar-refractivity contribution in [2.75, 3.05) is 17.3 Å². The SMILES string of the molecule is CN1C(=O)[C@@H](NC(=O)Nc2ccccc2OC(F)(F)F)N=C(c2ccccc2)c2ccccc21. The zero-order chi connectivity index (χ0) is 24.3. The van der Waals surface area contributed by atoms with E-state index in [1.807, 2.05) is 42.5 Å². The number of carbonyl (C=O) groups is 2. The molecule has 0 saturated carbocycles. The molecule has 10 heteroatoms. The Hall–Kier alpha value is -4.34. The quantitative estimate of drug-likeness (QED) is 0.590. The van der Waals surface area contributed by atoms with E-state index < -0.39 is 30.2 Å². The van der Waals surface area contributed by atoms with Gasteiger partial charge in [-0.15, -0.1) is 13.2 Å². The summed E-state index contributed by atoms with van der Waals surface area (Å²) in [6.07, 6.45) is -6.27. The second kappa shape index (κ2) is 9.26. The number of rotatable bonds is 4. The maximum absolute atomic E-state index is 13.1. The van der Waals surface area contributed by atoms with E-state index in [1.54, 1.807) is 19.2 Å². The minimum Gasteiger partial charge on any atom is -0.404 e. The molecule has 3 aromatic carbocycles. The van der Waals surface area contributed by atoms with Crippen LogP contribution >= 0.6 is 0 Å². The molecule has 0 saturated heterocycles. The maximum atomic E-state index is 13.1. The van der Waals surface area contributed by atoms with Crippen molar-refractivity contribution >= 4 is 29.0 Å². The van der Waals surface area contributed by atoms with Crippen molar-refractivity contribution in [1.82, 2.24) is 5.32 Å². The number of halogens is 3. The van der Waals surface area contributed by atoms with Gasteiger partial charge in [-0.1, -0.05) is 60.7 Å². The van der Waals surface area contributed by atoms with Gasteiger partial charge in [0.2, 0.25) is 6.17 Å². The van der Waals surface area contributed by atoms with Gasteiger partial charge in [-0.3, -0.25) is 4.79 Å². The summed E-state index contributed by atoms with van der Waals surface area (Å²) in [6.45, 7) is 0. The standard InChI is InChI=1S/C24H19F3N4O3/c1-31-18-13-7-5-11-16(18)20(15-9-3-2-4-10-15)29-21(22(31)32)30-23(33)28-17-12-6-8-14-19(17)34-24(25,26)27/h2-14,21H,1H3,(H2,28,30,33)/t21-/m1/s1. The van der Waals surface area contributed by atoms with Crippen LogP contribution < -0.4 is 20.3 Å². The molecule has 1 atom stereocenters. The molecule has 2 N–H and O–H groups in total. The molecule has 1 aliphatic heterocycles. The molecule has 1 aliphatic rings. The van der Waals surface area contributed by atoms with E-state index >= 15 is 0 Å². The normalized spacial score (nSPS) is 15.6. The number of nitrogens with one attached hydrogen (secondary N) is 2. The Morgan fingerprint density at radius 3 is 2.35 bits per heavy atom. The van der Waals surface area contributed by atoms with Crippen LogP contribution in [0, 0.1) is 0 Å². The molecule has 0 aromatic heterocycles. The van der Waals surface area contributed by atoms with Crippen LogP contribution in [-0.2, 0) is 4.79 Å². The molecule has 7 nitrogen and oxygen atoms in total. The zero-order valence-corrected chi connectivity index (χ0v) is 17.8. The lowest BCUT2D eigenvalue weighted by Gasteiger charge is -2.21. The maximum Gasteiger partial charge on any atom is 0.573 e. The zero-order valence-electron chi connectivity index (χ0n) is 17.8. The van der Waals surface area contributed by atoms with Gasteiger partial charge in [0.25, 0.3) is 5.91 Å². The van der Waals surface area contributed by atoms with Crippen LogP contribution in [-0.4, -0.2) is 37.2 Å². The minimum atomic E-state index is -4.94. The number of aliphatic imine (C=N–C) groups is 1. The van der Waals surface area contributed by atoms with Crippen LogP contribution in [0.1, 0.15) is 11.1 Å². The number of para-hydroxylation sites is 3. The van der Waals surface area contributed by atoms with Crippen molar-refractivity contribution in [3.8, 4) is 5.75 Å². The van der Waals surface area contributed by atoms with Gasteiger partial charge in [-0.2, -0.15) is 0 Å². The average Bonchev–Trinajstić information content (AvgIpc) is 2.91. The highest BCUT2D eigenvalue weighted by atomic mass is 19.4. The molecule has 0 spiro atoms. The predicted molar refractivity (Wildman–Crippen MR) is 121 cm³/mol. The third-order valence-corrected chi connectivity index (χ3v) is 5.02. The number of anilines is 2. The van der Waals surface area contributed by atoms with Gasteiger partial charge in [0.05, 0.1) is 17.1 Å². The van der Waals surface area contributed by atoms with Gasteiger partial charge in [0.15, 0.2) is 5.75 Å². The van der Waals surface area contributed by atoms with E-state index in [1.165, 1.54) is 23.1 Å². The van der Waals surface area contributed by atoms with E-state index in [2.05, 4.69) is 20.4 Å². The van der Waals surface area contributed by atoms with Crippen LogP contribution in [0.2, 0.25) is 0 Å². The molecule has 0 radical (unpaired) electrons. The number of ether oxygens (including phenoxy) is 1. The van der Waals surface area contributed by atoms with Crippen LogP contribution in [0.15, 0.2) is 83.9 Å². The van der Waals surface area contributed by atoms with Gasteiger partial charge in [0.1, 0.15) is 0 Å². The van der Waals surface area contributed by atoms with Crippen LogP contribution in [0.3, 0.4) is 0 Å². The second-order valence-corrected chi connectivity index (χ2v) is 7.30. The minimum absolute atomic E-state index is 0.220. The van der Waals surface area contributed by atoms with Gasteiger partial charge in [-0.25, -0.2) is 9.79 Å². The summed E-state index contributed by atoms with van der Waals surface area (Å²) in [5, 5.41) is 4.74. The molecule has 0 aliphatic carbocycles. The number of fused-ring (bicyclic) bond motifs is 1. The summed E-state index contributed by atoms with van der Waals surface area (Å²) < 4.78 is 42.0. The van der Waals surface area contributed by atoms with Crippen molar-refractivity contribution in [3.05, 3.63) is 90.0 Å². The van der Waals surface area contributed by atoms with Crippen LogP contribution in [0.5, 0.6) is 5.75 Å². The molecule has 34 heavy (non-hydrogen) atoms. The van der Waals surface area contributed by atoms with Crippen molar-refractivity contribution in [2.24, 2.45) is 4.99 Å². The van der Waals surface area contributed by atoms with Crippen molar-refractivity contribution < 1.29 is 27.5 Å². The fourth-order valence-corrected chi connectivity index (χ4v) is 3.51. The Kier molecular flexibility index (Phi) is 6.22. The number of benzodiazepines with no additional fused rings is 1. The molecule has 0 bridgehead atoms. The number of alkyl halides is 3. The first-order valence-electron chi connectivity index (χ1n) is 10.2. The van der Waals surface area contributed by atoms with E-state index in [9.17, 15) is 22.8 Å². The highest BCUT2D eigenvalue weighted by Crippen LogP contribution is 2.30. The van der Waals surface area contributed by atoms with Gasteiger partial charge < -0.3 is 20.3 Å². The van der Waals surface area contributed by atoms with Gasteiger partial charge in [0, 0.05) is 18.2 Å². The van der Waals surface area contributed by atoms with Crippen LogP contribution in [0.25, 0.3) is 0 Å². The molecule has 174 valence electrons. The number of amides is 3. The molecule has 0 unspecified atom stereocenters. The largest absolute Gasteiger partial charge is 0.573 e. The molecule has 3 amide bonds. The predicted octanol–water partition coefficient (Wildman–Crippen LogP) is 4.55. The van der Waals surface area contributed by atoms with Gasteiger partial charge >= 0.3 is 12.4 Å². The monoisotopic (exact) mass is 468 g/mol. The number of urea groups is 1. The van der Waals surface area contributed by atoms with Crippen LogP contribution in [0.4, 0.5) is 29.3 Å². The van der Waals surface area contributed by atoms with E-state index in [4.69, 9.17) is 0 Å². The summed E-state index contributed by atoms with van der Waals surface area (Å²) in [4.78, 5) is 31.7. The Bertz CT molecular complexity index is 1250. The molecular formula is C24H19F3N4O3. The second-order valence-electron chi connectivity index (χ2n) is 7.30. The Morgan fingerprint density at radius 2 is 1.62 bits per heavy atom. The van der Waals surface area contributed by atoms with E-state index in [-0.39, 0.29) is 5.69 Å². The lowest BCUT2D eigenvalue weighted by atomic mass is 10.0. The van der Waals surface area contributed by atoms with Crippen molar-refractivity contribution in [2.45, 2.75) is 12.5 Å². The van der Waals surface area contributed by atoms with Crippen molar-refractivity contribution in [1.29, 1.82) is 0 Å². The Labute approximate surface area is 192 Å². The number of nitrogens with zero attached hydrogens (tertiary/aromatic N) is 2. The lowest BCUT2D eigenvalue weighted by Crippen LogP contribution is -2.47. The number of likely N-dealkylation sites (N-methyl/N-ethyl adjacent to an activating group) is 1. The molecular weight excluding hydrogens is 449 g/mol. The molecule has 3 aromatic rings. The first kappa shape index (κ1) is 22.8. The first-order valence-corrected chi connectivity index (χ1v) is 10.2. The van der Waals surface area contributed by atoms with Gasteiger partial charge in [-0.05, 0) is 18.2 Å². The fourth-order valence-electron chi connectivity index (χ4n) is 3.51. The summed E-state index contributed by atoms with van der Waals surface area (Å²) in [5.74, 6) is -1.11. The third-order valence-electron chi connectivity index (χ3n) is 5.02. The average molecular weight is 468 g/mol. The summed E-state index contributed by atoms with van der Waals surface area (Å²) in [5.41, 5.74) is 2.29. The first-order chi connectivity index (χ1) is 16.2. The topological polar surface area (TPSA) is 83.0 Å². The summed E-state index contributed by atoms with van der Waals surface area (Å²) in [7, 11) is 1.56. The molecule has 0 fully saturated rings. The van der Waals surface area contributed by atoms with E-state index in [0.29, 0.717) is 17.0 Å². The molecule has 1 heterocycles. The smallest absolute Gasteiger partial charge is 0.404 e. The summed E-state index contributed by atoms with van der Waals surface area (Å²) >= 11 is 0. The number of carbonyl (C=O) groups excluding carboxylic acids is 2. The Morgan fingerprint density at radius 1 is 0.971 bits per heavy atom. The Balaban J connectivity index is 1.64. The van der Waals surface area contributed by atoms with Crippen molar-refractivity contribution in [3.63, 3.8) is 0 Å².